The van der Waals surface area contributed by atoms with Crippen LogP contribution in [-0.2, 0) is 20.9 Å². The van der Waals surface area contributed by atoms with E-state index in [1.54, 1.807) is 18.2 Å². The van der Waals surface area contributed by atoms with Gasteiger partial charge in [0.25, 0.3) is 5.91 Å². The van der Waals surface area contributed by atoms with Crippen LogP contribution in [0.5, 0.6) is 11.5 Å². The zero-order valence-corrected chi connectivity index (χ0v) is 14.7. The molecule has 1 atom stereocenters. The number of fused-ring (bicyclic) bond motifs is 1. The molecule has 0 saturated carbocycles. The summed E-state index contributed by atoms with van der Waals surface area (Å²) in [6.07, 6.45) is 0.362. The summed E-state index contributed by atoms with van der Waals surface area (Å²) in [4.78, 5) is 34.9. The van der Waals surface area contributed by atoms with Gasteiger partial charge in [0.1, 0.15) is 6.04 Å². The number of carbonyl (C=O) groups excluding carboxylic acids is 3. The summed E-state index contributed by atoms with van der Waals surface area (Å²) in [6, 6.07) is 3.63. The van der Waals surface area contributed by atoms with Crippen molar-refractivity contribution < 1.29 is 28.6 Å². The van der Waals surface area contributed by atoms with Gasteiger partial charge in [-0.15, -0.1) is 0 Å². The van der Waals surface area contributed by atoms with Crippen LogP contribution in [0.25, 0.3) is 0 Å². The highest BCUT2D eigenvalue weighted by Gasteiger charge is 2.23. The van der Waals surface area contributed by atoms with Gasteiger partial charge in [0.05, 0.1) is 0 Å². The van der Waals surface area contributed by atoms with Crippen molar-refractivity contribution in [3.05, 3.63) is 23.8 Å². The van der Waals surface area contributed by atoms with Gasteiger partial charge >= 0.3 is 12.0 Å². The number of hydrogen-bond acceptors (Lipinski definition) is 6. The third kappa shape index (κ3) is 5.83. The predicted molar refractivity (Wildman–Crippen MR) is 91.3 cm³/mol. The fraction of sp³-hybridized carbons (Fsp3) is 0.471. The minimum Gasteiger partial charge on any atom is -0.454 e. The number of esters is 1. The van der Waals surface area contributed by atoms with Crippen LogP contribution in [0.3, 0.4) is 0 Å². The molecule has 4 N–H and O–H groups in total. The fourth-order valence-electron chi connectivity index (χ4n) is 2.40. The molecule has 0 radical (unpaired) electrons. The average Bonchev–Trinajstić information content (AvgIpc) is 3.04. The summed E-state index contributed by atoms with van der Waals surface area (Å²) >= 11 is 0. The maximum Gasteiger partial charge on any atom is 0.329 e. The molecule has 142 valence electrons. The van der Waals surface area contributed by atoms with Gasteiger partial charge < -0.3 is 30.6 Å². The van der Waals surface area contributed by atoms with Crippen LogP contribution in [0, 0.1) is 5.92 Å². The van der Waals surface area contributed by atoms with E-state index in [9.17, 15) is 14.4 Å². The zero-order chi connectivity index (χ0) is 19.1. The Morgan fingerprint density at radius 3 is 2.65 bits per heavy atom. The molecule has 1 aliphatic rings. The number of rotatable bonds is 8. The number of primary amides is 1. The predicted octanol–water partition coefficient (Wildman–Crippen LogP) is 0.658. The molecule has 9 heteroatoms. The maximum atomic E-state index is 12.0. The average molecular weight is 365 g/mol. The van der Waals surface area contributed by atoms with Gasteiger partial charge in [-0.25, -0.2) is 9.59 Å². The number of amides is 3. The van der Waals surface area contributed by atoms with E-state index in [1.807, 2.05) is 13.8 Å². The number of urea groups is 1. The highest BCUT2D eigenvalue weighted by atomic mass is 16.7. The van der Waals surface area contributed by atoms with Gasteiger partial charge in [-0.1, -0.05) is 19.9 Å². The van der Waals surface area contributed by atoms with Gasteiger partial charge in [0, 0.05) is 6.54 Å². The second kappa shape index (κ2) is 8.93. The van der Waals surface area contributed by atoms with Crippen molar-refractivity contribution in [3.8, 4) is 11.5 Å². The first-order chi connectivity index (χ1) is 12.3. The lowest BCUT2D eigenvalue weighted by atomic mass is 10.0. The van der Waals surface area contributed by atoms with Crippen molar-refractivity contribution in [1.29, 1.82) is 0 Å². The molecule has 1 aromatic rings. The molecular formula is C17H23N3O6. The molecule has 0 aromatic heterocycles. The smallest absolute Gasteiger partial charge is 0.329 e. The third-order valence-electron chi connectivity index (χ3n) is 3.58. The molecule has 0 unspecified atom stereocenters. The second-order valence-electron chi connectivity index (χ2n) is 6.26. The molecule has 0 spiro atoms. The molecule has 0 bridgehead atoms. The van der Waals surface area contributed by atoms with Crippen molar-refractivity contribution in [3.63, 3.8) is 0 Å². The number of nitrogens with two attached hydrogens (primary N) is 1. The summed E-state index contributed by atoms with van der Waals surface area (Å²) in [5, 5.41) is 4.96. The molecule has 3 amide bonds. The van der Waals surface area contributed by atoms with Crippen LogP contribution in [-0.4, -0.2) is 37.3 Å². The molecule has 1 heterocycles. The Hall–Kier alpha value is -2.97. The van der Waals surface area contributed by atoms with Crippen LogP contribution in [0.2, 0.25) is 0 Å². The highest BCUT2D eigenvalue weighted by Crippen LogP contribution is 2.32. The summed E-state index contributed by atoms with van der Waals surface area (Å²) in [5.41, 5.74) is 5.88. The SMILES string of the molecule is CC(C)C[C@@H](NC(N)=O)C(=O)OCC(=O)NCc1ccc2c(c1)OCO2. The standard InChI is InChI=1S/C17H23N3O6/c1-10(2)5-12(20-17(18)23)16(22)24-8-15(21)19-7-11-3-4-13-14(6-11)26-9-25-13/h3-4,6,10,12H,5,7-9H2,1-2H3,(H,19,21)(H3,18,20,23)/t12-/m1/s1. The topological polar surface area (TPSA) is 129 Å². The van der Waals surface area contributed by atoms with Crippen molar-refractivity contribution >= 4 is 17.9 Å². The summed E-state index contributed by atoms with van der Waals surface area (Å²) in [7, 11) is 0. The highest BCUT2D eigenvalue weighted by molar-refractivity contribution is 5.85. The Labute approximate surface area is 151 Å². The zero-order valence-electron chi connectivity index (χ0n) is 14.7. The van der Waals surface area contributed by atoms with Crippen LogP contribution in [0.4, 0.5) is 4.79 Å². The molecule has 1 aromatic carbocycles. The molecule has 0 aliphatic carbocycles. The number of hydrogen-bond donors (Lipinski definition) is 3. The minimum absolute atomic E-state index is 0.138. The number of ether oxygens (including phenoxy) is 3. The van der Waals surface area contributed by atoms with Crippen molar-refractivity contribution in [2.24, 2.45) is 11.7 Å². The van der Waals surface area contributed by atoms with E-state index >= 15 is 0 Å². The Balaban J connectivity index is 1.78. The number of nitrogens with one attached hydrogen (secondary N) is 2. The molecule has 9 nitrogen and oxygen atoms in total. The maximum absolute atomic E-state index is 12.0. The molecule has 1 aliphatic heterocycles. The van der Waals surface area contributed by atoms with Gasteiger partial charge in [0.15, 0.2) is 18.1 Å². The molecular weight excluding hydrogens is 342 g/mol. The third-order valence-corrected chi connectivity index (χ3v) is 3.58. The minimum atomic E-state index is -0.880. The summed E-state index contributed by atoms with van der Waals surface area (Å²) in [6.45, 7) is 3.76. The molecule has 2 rings (SSSR count). The van der Waals surface area contributed by atoms with Crippen molar-refractivity contribution in [2.45, 2.75) is 32.9 Å². The number of carbonyl (C=O) groups is 3. The van der Waals surface area contributed by atoms with Gasteiger partial charge in [-0.05, 0) is 30.0 Å². The second-order valence-corrected chi connectivity index (χ2v) is 6.26. The van der Waals surface area contributed by atoms with Crippen LogP contribution in [0.1, 0.15) is 25.8 Å². The lowest BCUT2D eigenvalue weighted by molar-refractivity contribution is -0.150. The number of benzene rings is 1. The Morgan fingerprint density at radius 2 is 1.96 bits per heavy atom. The van der Waals surface area contributed by atoms with Crippen LogP contribution >= 0.6 is 0 Å². The first kappa shape index (κ1) is 19.4. The van der Waals surface area contributed by atoms with Crippen LogP contribution in [0.15, 0.2) is 18.2 Å². The molecule has 0 saturated heterocycles. The Kier molecular flexibility index (Phi) is 6.65. The molecule has 26 heavy (non-hydrogen) atoms. The van der Waals surface area contributed by atoms with E-state index < -0.39 is 30.6 Å². The van der Waals surface area contributed by atoms with Gasteiger partial charge in [-0.2, -0.15) is 0 Å². The Bertz CT molecular complexity index is 676. The molecule has 0 fully saturated rings. The normalized spacial score (nSPS) is 13.2. The van der Waals surface area contributed by atoms with Crippen molar-refractivity contribution in [2.75, 3.05) is 13.4 Å². The van der Waals surface area contributed by atoms with E-state index in [4.69, 9.17) is 19.9 Å². The fourth-order valence-corrected chi connectivity index (χ4v) is 2.40. The van der Waals surface area contributed by atoms with Gasteiger partial charge in [0.2, 0.25) is 6.79 Å². The quantitative estimate of drug-likeness (QED) is 0.580. The van der Waals surface area contributed by atoms with Crippen LogP contribution < -0.4 is 25.8 Å². The monoisotopic (exact) mass is 365 g/mol. The van der Waals surface area contributed by atoms with Crippen molar-refractivity contribution in [1.82, 2.24) is 10.6 Å². The summed E-state index contributed by atoms with van der Waals surface area (Å²) in [5.74, 6) is 0.262. The first-order valence-electron chi connectivity index (χ1n) is 8.23. The summed E-state index contributed by atoms with van der Waals surface area (Å²) < 4.78 is 15.4. The van der Waals surface area contributed by atoms with E-state index in [0.29, 0.717) is 17.9 Å². The van der Waals surface area contributed by atoms with E-state index in [0.717, 1.165) is 5.56 Å². The van der Waals surface area contributed by atoms with E-state index in [-0.39, 0.29) is 19.3 Å². The largest absolute Gasteiger partial charge is 0.454 e. The Morgan fingerprint density at radius 1 is 1.23 bits per heavy atom. The lowest BCUT2D eigenvalue weighted by Crippen LogP contribution is -2.45. The first-order valence-corrected chi connectivity index (χ1v) is 8.23. The lowest BCUT2D eigenvalue weighted by Gasteiger charge is -2.18. The van der Waals surface area contributed by atoms with E-state index in [1.165, 1.54) is 0 Å². The van der Waals surface area contributed by atoms with Gasteiger partial charge in [-0.3, -0.25) is 4.79 Å². The van der Waals surface area contributed by atoms with E-state index in [2.05, 4.69) is 10.6 Å².